The molecule has 0 saturated heterocycles. The van der Waals surface area contributed by atoms with Crippen LogP contribution in [0.25, 0.3) is 10.9 Å². The molecule has 0 aliphatic rings. The number of aromatic amines is 1. The topological polar surface area (TPSA) is 77.6 Å². The number of aromatic nitrogens is 1. The lowest BCUT2D eigenvalue weighted by atomic mass is 10.2. The molecule has 6 nitrogen and oxygen atoms in total. The fraction of sp³-hybridized carbons (Fsp3) is 0.375. The fourth-order valence-corrected chi connectivity index (χ4v) is 2.05. The van der Waals surface area contributed by atoms with Gasteiger partial charge in [0, 0.05) is 18.4 Å². The van der Waals surface area contributed by atoms with Gasteiger partial charge in [-0.25, -0.2) is 0 Å². The Morgan fingerprint density at radius 2 is 2.05 bits per heavy atom. The van der Waals surface area contributed by atoms with E-state index in [1.807, 2.05) is 6.92 Å². The van der Waals surface area contributed by atoms with E-state index in [-0.39, 0.29) is 11.5 Å². The van der Waals surface area contributed by atoms with Crippen LogP contribution in [-0.4, -0.2) is 24.7 Å². The maximum absolute atomic E-state index is 12.2. The molecule has 0 amide bonds. The molecule has 0 bridgehead atoms. The minimum absolute atomic E-state index is 0.110. The van der Waals surface area contributed by atoms with Gasteiger partial charge in [-0.3, -0.25) is 9.59 Å². The Hall–Kier alpha value is -2.50. The zero-order chi connectivity index (χ0) is 16.1. The number of unbranched alkanes of at least 4 members (excludes halogenated alkanes) is 1. The van der Waals surface area contributed by atoms with Gasteiger partial charge >= 0.3 is 5.97 Å². The van der Waals surface area contributed by atoms with Crippen LogP contribution in [0.3, 0.4) is 0 Å². The molecule has 6 heteroatoms. The van der Waals surface area contributed by atoms with Crippen LogP contribution in [0.1, 0.15) is 26.7 Å². The van der Waals surface area contributed by atoms with Gasteiger partial charge in [-0.05, 0) is 18.6 Å². The summed E-state index contributed by atoms with van der Waals surface area (Å²) in [5.74, 6) is 0.216. The fourth-order valence-electron chi connectivity index (χ4n) is 2.05. The Balaban J connectivity index is 2.59. The average Bonchev–Trinajstić information content (AvgIpc) is 2.49. The zero-order valence-electron chi connectivity index (χ0n) is 12.9. The van der Waals surface area contributed by atoms with Crippen LogP contribution in [0.5, 0.6) is 17.2 Å². The summed E-state index contributed by atoms with van der Waals surface area (Å²) >= 11 is 0. The second kappa shape index (κ2) is 6.98. The molecule has 1 N–H and O–H groups in total. The van der Waals surface area contributed by atoms with Gasteiger partial charge in [-0.1, -0.05) is 13.3 Å². The number of hydrogen-bond donors (Lipinski definition) is 1. The van der Waals surface area contributed by atoms with E-state index in [0.717, 1.165) is 12.8 Å². The molecule has 0 aliphatic heterocycles. The van der Waals surface area contributed by atoms with Crippen molar-refractivity contribution in [1.29, 1.82) is 0 Å². The van der Waals surface area contributed by atoms with Gasteiger partial charge < -0.3 is 19.2 Å². The first-order valence-corrected chi connectivity index (χ1v) is 7.12. The number of fused-ring (bicyclic) bond motifs is 1. The summed E-state index contributed by atoms with van der Waals surface area (Å²) in [7, 11) is 1.55. The molecule has 2 rings (SSSR count). The highest BCUT2D eigenvalue weighted by atomic mass is 16.6. The van der Waals surface area contributed by atoms with Crippen molar-refractivity contribution in [2.24, 2.45) is 0 Å². The van der Waals surface area contributed by atoms with Gasteiger partial charge in [0.2, 0.25) is 5.75 Å². The molecular formula is C16H19NO5. The maximum Gasteiger partial charge on any atom is 0.308 e. The number of nitrogens with one attached hydrogen (secondary N) is 1. The smallest absolute Gasteiger partial charge is 0.308 e. The SMILES string of the molecule is CCCCOc1c(OC(C)=O)c(=O)[nH]c2cc(OC)ccc12. The van der Waals surface area contributed by atoms with Gasteiger partial charge in [0.15, 0.2) is 5.75 Å². The van der Waals surface area contributed by atoms with Crippen molar-refractivity contribution in [1.82, 2.24) is 4.98 Å². The lowest BCUT2D eigenvalue weighted by Gasteiger charge is -2.13. The van der Waals surface area contributed by atoms with E-state index in [1.165, 1.54) is 6.92 Å². The van der Waals surface area contributed by atoms with Gasteiger partial charge in [0.1, 0.15) is 5.75 Å². The predicted molar refractivity (Wildman–Crippen MR) is 82.8 cm³/mol. The predicted octanol–water partition coefficient (Wildman–Crippen LogP) is 2.64. The number of H-pyrrole nitrogens is 1. The maximum atomic E-state index is 12.2. The van der Waals surface area contributed by atoms with E-state index in [1.54, 1.807) is 25.3 Å². The molecule has 0 unspecified atom stereocenters. The highest BCUT2D eigenvalue weighted by molar-refractivity contribution is 5.89. The second-order valence-electron chi connectivity index (χ2n) is 4.82. The Morgan fingerprint density at radius 3 is 2.68 bits per heavy atom. The quantitative estimate of drug-likeness (QED) is 0.655. The molecule has 0 radical (unpaired) electrons. The summed E-state index contributed by atoms with van der Waals surface area (Å²) < 4.78 is 15.9. The number of carbonyl (C=O) groups excluding carboxylic acids is 1. The van der Waals surface area contributed by atoms with Crippen LogP contribution in [0.15, 0.2) is 23.0 Å². The van der Waals surface area contributed by atoms with E-state index in [0.29, 0.717) is 23.3 Å². The first kappa shape index (κ1) is 15.9. The van der Waals surface area contributed by atoms with Gasteiger partial charge in [0.05, 0.1) is 19.2 Å². The Kier molecular flexibility index (Phi) is 5.04. The largest absolute Gasteiger partial charge is 0.497 e. The number of ether oxygens (including phenoxy) is 3. The van der Waals surface area contributed by atoms with Crippen LogP contribution >= 0.6 is 0 Å². The summed E-state index contributed by atoms with van der Waals surface area (Å²) in [4.78, 5) is 26.1. The summed E-state index contributed by atoms with van der Waals surface area (Å²) in [6, 6.07) is 5.21. The first-order valence-electron chi connectivity index (χ1n) is 7.12. The standard InChI is InChI=1S/C16H19NO5/c1-4-5-8-21-14-12-7-6-11(20-3)9-13(12)17-16(19)15(14)22-10(2)18/h6-7,9H,4-5,8H2,1-3H3,(H,17,19). The lowest BCUT2D eigenvalue weighted by Crippen LogP contribution is -2.16. The monoisotopic (exact) mass is 305 g/mol. The molecule has 1 heterocycles. The number of pyridine rings is 1. The number of rotatable bonds is 6. The molecule has 118 valence electrons. The van der Waals surface area contributed by atoms with Crippen molar-refractivity contribution in [3.8, 4) is 17.2 Å². The van der Waals surface area contributed by atoms with E-state index in [2.05, 4.69) is 4.98 Å². The molecule has 0 spiro atoms. The highest BCUT2D eigenvalue weighted by Gasteiger charge is 2.17. The van der Waals surface area contributed by atoms with E-state index in [9.17, 15) is 9.59 Å². The van der Waals surface area contributed by atoms with Crippen molar-refractivity contribution in [2.45, 2.75) is 26.7 Å². The van der Waals surface area contributed by atoms with E-state index < -0.39 is 11.5 Å². The first-order chi connectivity index (χ1) is 10.6. The van der Waals surface area contributed by atoms with Gasteiger partial charge in [-0.15, -0.1) is 0 Å². The zero-order valence-corrected chi connectivity index (χ0v) is 12.9. The molecule has 2 aromatic rings. The normalized spacial score (nSPS) is 10.5. The summed E-state index contributed by atoms with van der Waals surface area (Å²) in [6.07, 6.45) is 1.79. The van der Waals surface area contributed by atoms with Crippen LogP contribution in [0, 0.1) is 0 Å². The van der Waals surface area contributed by atoms with Crippen molar-refractivity contribution in [3.63, 3.8) is 0 Å². The van der Waals surface area contributed by atoms with Crippen LogP contribution in [-0.2, 0) is 4.79 Å². The summed E-state index contributed by atoms with van der Waals surface area (Å²) in [6.45, 7) is 3.72. The molecule has 0 atom stereocenters. The molecular weight excluding hydrogens is 286 g/mol. The number of esters is 1. The number of carbonyl (C=O) groups is 1. The van der Waals surface area contributed by atoms with Crippen molar-refractivity contribution in [2.75, 3.05) is 13.7 Å². The van der Waals surface area contributed by atoms with Crippen LogP contribution in [0.4, 0.5) is 0 Å². The Labute approximate surface area is 128 Å². The summed E-state index contributed by atoms with van der Waals surface area (Å²) in [5, 5.41) is 0.660. The van der Waals surface area contributed by atoms with Gasteiger partial charge in [-0.2, -0.15) is 0 Å². The number of benzene rings is 1. The summed E-state index contributed by atoms with van der Waals surface area (Å²) in [5.41, 5.74) is 0.0502. The number of methoxy groups -OCH3 is 1. The molecule has 0 aliphatic carbocycles. The lowest BCUT2D eigenvalue weighted by molar-refractivity contribution is -0.132. The average molecular weight is 305 g/mol. The number of hydrogen-bond acceptors (Lipinski definition) is 5. The Bertz CT molecular complexity index is 735. The minimum atomic E-state index is -0.571. The van der Waals surface area contributed by atoms with Crippen LogP contribution < -0.4 is 19.8 Å². The molecule has 0 saturated carbocycles. The van der Waals surface area contributed by atoms with Crippen LogP contribution in [0.2, 0.25) is 0 Å². The third-order valence-corrected chi connectivity index (χ3v) is 3.12. The third-order valence-electron chi connectivity index (χ3n) is 3.12. The molecule has 0 fully saturated rings. The van der Waals surface area contributed by atoms with Crippen molar-refractivity contribution < 1.29 is 19.0 Å². The molecule has 22 heavy (non-hydrogen) atoms. The minimum Gasteiger partial charge on any atom is -0.497 e. The van der Waals surface area contributed by atoms with E-state index in [4.69, 9.17) is 14.2 Å². The van der Waals surface area contributed by atoms with Crippen molar-refractivity contribution in [3.05, 3.63) is 28.6 Å². The Morgan fingerprint density at radius 1 is 1.27 bits per heavy atom. The molecule has 1 aromatic carbocycles. The third kappa shape index (κ3) is 3.39. The van der Waals surface area contributed by atoms with E-state index >= 15 is 0 Å². The van der Waals surface area contributed by atoms with Gasteiger partial charge in [0.25, 0.3) is 5.56 Å². The second-order valence-corrected chi connectivity index (χ2v) is 4.82. The molecule has 1 aromatic heterocycles. The van der Waals surface area contributed by atoms with Crippen molar-refractivity contribution >= 4 is 16.9 Å². The highest BCUT2D eigenvalue weighted by Crippen LogP contribution is 2.33.